The highest BCUT2D eigenvalue weighted by molar-refractivity contribution is 14.0. The maximum atomic E-state index is 11.6. The smallest absolute Gasteiger partial charge is 0.409 e. The van der Waals surface area contributed by atoms with Gasteiger partial charge in [-0.1, -0.05) is 28.1 Å². The molecule has 0 radical (unpaired) electrons. The van der Waals surface area contributed by atoms with Gasteiger partial charge in [0.05, 0.1) is 13.2 Å². The fraction of sp³-hybridized carbons (Fsp3) is 0.500. The molecule has 8 heteroatoms. The number of likely N-dealkylation sites (tertiary alicyclic amines) is 1. The van der Waals surface area contributed by atoms with Crippen molar-refractivity contribution in [3.63, 3.8) is 0 Å². The van der Waals surface area contributed by atoms with Crippen LogP contribution in [0.25, 0.3) is 0 Å². The van der Waals surface area contributed by atoms with Gasteiger partial charge in [0.25, 0.3) is 0 Å². The lowest BCUT2D eigenvalue weighted by atomic mass is 10.1. The van der Waals surface area contributed by atoms with Gasteiger partial charge in [-0.3, -0.25) is 0 Å². The van der Waals surface area contributed by atoms with Crippen LogP contribution in [0.2, 0.25) is 0 Å². The van der Waals surface area contributed by atoms with Crippen LogP contribution in [0.5, 0.6) is 0 Å². The van der Waals surface area contributed by atoms with E-state index in [1.54, 1.807) is 4.90 Å². The third-order valence-electron chi connectivity index (χ3n) is 3.69. The number of hydrogen-bond acceptors (Lipinski definition) is 3. The highest BCUT2D eigenvalue weighted by Crippen LogP contribution is 2.13. The summed E-state index contributed by atoms with van der Waals surface area (Å²) >= 11 is 3.44. The van der Waals surface area contributed by atoms with E-state index in [0.29, 0.717) is 32.2 Å². The van der Waals surface area contributed by atoms with Gasteiger partial charge in [-0.05, 0) is 37.5 Å². The van der Waals surface area contributed by atoms with Crippen LogP contribution in [-0.2, 0) is 11.3 Å². The fourth-order valence-electron chi connectivity index (χ4n) is 2.49. The summed E-state index contributed by atoms with van der Waals surface area (Å²) in [5.74, 6) is 0.444. The summed E-state index contributed by atoms with van der Waals surface area (Å²) in [5.41, 5.74) is 7.05. The number of rotatable bonds is 4. The van der Waals surface area contributed by atoms with Crippen LogP contribution >= 0.6 is 39.9 Å². The second kappa shape index (κ2) is 10.8. The van der Waals surface area contributed by atoms with Crippen LogP contribution < -0.4 is 11.1 Å². The number of carbonyl (C=O) groups excluding carboxylic acids is 1. The second-order valence-electron chi connectivity index (χ2n) is 5.44. The number of hydrogen-bond donors (Lipinski definition) is 2. The number of guanidine groups is 1. The Bertz CT molecular complexity index is 563. The molecule has 1 amide bonds. The van der Waals surface area contributed by atoms with Crippen molar-refractivity contribution in [3.05, 3.63) is 34.3 Å². The van der Waals surface area contributed by atoms with Crippen LogP contribution in [0.3, 0.4) is 0 Å². The summed E-state index contributed by atoms with van der Waals surface area (Å²) < 4.78 is 6.04. The van der Waals surface area contributed by atoms with Crippen molar-refractivity contribution in [2.45, 2.75) is 32.4 Å². The van der Waals surface area contributed by atoms with E-state index >= 15 is 0 Å². The zero-order valence-electron chi connectivity index (χ0n) is 13.7. The van der Waals surface area contributed by atoms with Gasteiger partial charge in [0.2, 0.25) is 0 Å². The molecular formula is C16H24BrIN4O2. The lowest BCUT2D eigenvalue weighted by Crippen LogP contribution is -2.48. The Balaban J connectivity index is 0.00000288. The van der Waals surface area contributed by atoms with Gasteiger partial charge in [0.1, 0.15) is 0 Å². The number of halogens is 2. The molecule has 6 nitrogen and oxygen atoms in total. The molecule has 0 spiro atoms. The standard InChI is InChI=1S/C16H23BrN4O2.HI/c1-2-23-16(22)21-8-6-14(7-9-21)20-15(18)19-11-12-4-3-5-13(17)10-12;/h3-5,10,14H,2,6-9,11H2,1H3,(H3,18,19,20);1H. The summed E-state index contributed by atoms with van der Waals surface area (Å²) in [4.78, 5) is 17.7. The minimum absolute atomic E-state index is 0. The van der Waals surface area contributed by atoms with Crippen molar-refractivity contribution in [3.8, 4) is 0 Å². The van der Waals surface area contributed by atoms with Gasteiger partial charge in [0, 0.05) is 23.6 Å². The number of nitrogens with zero attached hydrogens (tertiary/aromatic N) is 2. The molecule has 1 aromatic carbocycles. The van der Waals surface area contributed by atoms with Crippen molar-refractivity contribution < 1.29 is 9.53 Å². The van der Waals surface area contributed by atoms with Gasteiger partial charge in [0.15, 0.2) is 5.96 Å². The molecule has 1 aliphatic heterocycles. The number of nitrogens with one attached hydrogen (secondary N) is 1. The van der Waals surface area contributed by atoms with Crippen molar-refractivity contribution in [1.29, 1.82) is 0 Å². The Morgan fingerprint density at radius 3 is 2.79 bits per heavy atom. The maximum absolute atomic E-state index is 11.6. The molecule has 1 fully saturated rings. The van der Waals surface area contributed by atoms with E-state index in [4.69, 9.17) is 10.5 Å². The monoisotopic (exact) mass is 510 g/mol. The average Bonchev–Trinajstić information content (AvgIpc) is 2.54. The number of benzene rings is 1. The molecule has 0 bridgehead atoms. The Labute approximate surface area is 168 Å². The molecule has 134 valence electrons. The number of ether oxygens (including phenoxy) is 1. The van der Waals surface area contributed by atoms with E-state index in [9.17, 15) is 4.79 Å². The molecule has 3 N–H and O–H groups in total. The van der Waals surface area contributed by atoms with Crippen molar-refractivity contribution in [2.24, 2.45) is 10.7 Å². The first-order chi connectivity index (χ1) is 11.1. The number of aliphatic imine (C=N–C) groups is 1. The Hall–Kier alpha value is -1.03. The zero-order chi connectivity index (χ0) is 16.7. The largest absolute Gasteiger partial charge is 0.450 e. The van der Waals surface area contributed by atoms with E-state index < -0.39 is 0 Å². The van der Waals surface area contributed by atoms with Crippen LogP contribution in [0.1, 0.15) is 25.3 Å². The summed E-state index contributed by atoms with van der Waals surface area (Å²) in [6.07, 6.45) is 1.44. The minimum atomic E-state index is -0.234. The molecule has 1 saturated heterocycles. The molecule has 2 rings (SSSR count). The Morgan fingerprint density at radius 1 is 1.46 bits per heavy atom. The maximum Gasteiger partial charge on any atom is 0.409 e. The molecule has 0 saturated carbocycles. The van der Waals surface area contributed by atoms with Crippen LogP contribution in [0.15, 0.2) is 33.7 Å². The SMILES string of the molecule is CCOC(=O)N1CCC(NC(N)=NCc2cccc(Br)c2)CC1.I. The number of nitrogens with two attached hydrogens (primary N) is 1. The second-order valence-corrected chi connectivity index (χ2v) is 6.35. The predicted molar refractivity (Wildman–Crippen MR) is 110 cm³/mol. The molecule has 0 aliphatic carbocycles. The Morgan fingerprint density at radius 2 is 2.17 bits per heavy atom. The molecule has 1 aliphatic rings. The van der Waals surface area contributed by atoms with Gasteiger partial charge in [-0.15, -0.1) is 24.0 Å². The van der Waals surface area contributed by atoms with Crippen LogP contribution in [0, 0.1) is 0 Å². The average molecular weight is 511 g/mol. The van der Waals surface area contributed by atoms with Crippen molar-refractivity contribution in [1.82, 2.24) is 10.2 Å². The van der Waals surface area contributed by atoms with Crippen molar-refractivity contribution >= 4 is 52.0 Å². The number of piperidine rings is 1. The lowest BCUT2D eigenvalue weighted by Gasteiger charge is -2.31. The normalized spacial score (nSPS) is 15.6. The third-order valence-corrected chi connectivity index (χ3v) is 4.19. The first-order valence-electron chi connectivity index (χ1n) is 7.81. The highest BCUT2D eigenvalue weighted by Gasteiger charge is 2.23. The van der Waals surface area contributed by atoms with E-state index in [2.05, 4.69) is 26.2 Å². The van der Waals surface area contributed by atoms with E-state index in [0.717, 1.165) is 22.9 Å². The van der Waals surface area contributed by atoms with Gasteiger partial charge in [-0.2, -0.15) is 0 Å². The molecule has 1 aromatic rings. The predicted octanol–water partition coefficient (Wildman–Crippen LogP) is 3.09. The van der Waals surface area contributed by atoms with Gasteiger partial charge < -0.3 is 20.7 Å². The van der Waals surface area contributed by atoms with E-state index in [1.165, 1.54) is 0 Å². The molecule has 1 heterocycles. The van der Waals surface area contributed by atoms with E-state index in [-0.39, 0.29) is 36.1 Å². The number of amides is 1. The summed E-state index contributed by atoms with van der Waals surface area (Å²) in [7, 11) is 0. The molecule has 24 heavy (non-hydrogen) atoms. The van der Waals surface area contributed by atoms with Crippen LogP contribution in [0.4, 0.5) is 4.79 Å². The minimum Gasteiger partial charge on any atom is -0.450 e. The van der Waals surface area contributed by atoms with Crippen LogP contribution in [-0.4, -0.2) is 42.7 Å². The topological polar surface area (TPSA) is 80.0 Å². The van der Waals surface area contributed by atoms with E-state index in [1.807, 2.05) is 31.2 Å². The molecule has 0 aromatic heterocycles. The molecule has 0 atom stereocenters. The quantitative estimate of drug-likeness (QED) is 0.370. The first-order valence-corrected chi connectivity index (χ1v) is 8.60. The molecule has 0 unspecified atom stereocenters. The first kappa shape index (κ1) is 21.0. The van der Waals surface area contributed by atoms with Gasteiger partial charge in [-0.25, -0.2) is 9.79 Å². The van der Waals surface area contributed by atoms with Gasteiger partial charge >= 0.3 is 6.09 Å². The zero-order valence-corrected chi connectivity index (χ0v) is 17.6. The fourth-order valence-corrected chi connectivity index (χ4v) is 2.93. The Kier molecular flexibility index (Phi) is 9.42. The lowest BCUT2D eigenvalue weighted by molar-refractivity contribution is 0.0963. The number of carbonyl (C=O) groups is 1. The third kappa shape index (κ3) is 6.84. The summed E-state index contributed by atoms with van der Waals surface area (Å²) in [6, 6.07) is 8.23. The van der Waals surface area contributed by atoms with Crippen molar-refractivity contribution in [2.75, 3.05) is 19.7 Å². The summed E-state index contributed by atoms with van der Waals surface area (Å²) in [6.45, 7) is 4.12. The summed E-state index contributed by atoms with van der Waals surface area (Å²) in [5, 5.41) is 3.23. The highest BCUT2D eigenvalue weighted by atomic mass is 127. The molecular weight excluding hydrogens is 487 g/mol.